The van der Waals surface area contributed by atoms with Crippen LogP contribution in [0.3, 0.4) is 0 Å². The summed E-state index contributed by atoms with van der Waals surface area (Å²) >= 11 is 0. The van der Waals surface area contributed by atoms with Gasteiger partial charge in [0, 0.05) is 17.3 Å². The molecular weight excluding hydrogens is 362 g/mol. The second kappa shape index (κ2) is 8.44. The van der Waals surface area contributed by atoms with Gasteiger partial charge in [-0.15, -0.1) is 0 Å². The van der Waals surface area contributed by atoms with Gasteiger partial charge in [-0.1, -0.05) is 66.7 Å². The molecule has 0 bridgehead atoms. The predicted molar refractivity (Wildman–Crippen MR) is 114 cm³/mol. The zero-order valence-corrected chi connectivity index (χ0v) is 16.0. The smallest absolute Gasteiger partial charge is 0.207 e. The molecule has 4 aromatic rings. The number of carbonyl (C=O) groups excluding carboxylic acids is 1. The summed E-state index contributed by atoms with van der Waals surface area (Å²) in [6.07, 6.45) is 1.56. The fourth-order valence-corrected chi connectivity index (χ4v) is 3.27. The van der Waals surface area contributed by atoms with Crippen molar-refractivity contribution in [3.05, 3.63) is 103 Å². The molecule has 3 aromatic carbocycles. The van der Waals surface area contributed by atoms with Gasteiger partial charge >= 0.3 is 0 Å². The number of ketones is 1. The molecule has 0 aliphatic heterocycles. The first-order chi connectivity index (χ1) is 14.3. The predicted octanol–water partition coefficient (Wildman–Crippen LogP) is 5.12. The van der Waals surface area contributed by atoms with Gasteiger partial charge in [-0.05, 0) is 17.7 Å². The highest BCUT2D eigenvalue weighted by Gasteiger charge is 2.26. The molecule has 5 heteroatoms. The number of aromatic amines is 1. The molecule has 1 aromatic heterocycles. The van der Waals surface area contributed by atoms with Gasteiger partial charge in [0.25, 0.3) is 0 Å². The van der Waals surface area contributed by atoms with Crippen molar-refractivity contribution < 1.29 is 9.53 Å². The Hall–Kier alpha value is -3.86. The van der Waals surface area contributed by atoms with Crippen LogP contribution in [0.4, 0.5) is 5.69 Å². The van der Waals surface area contributed by atoms with Crippen molar-refractivity contribution in [1.29, 1.82) is 0 Å². The van der Waals surface area contributed by atoms with E-state index < -0.39 is 6.04 Å². The van der Waals surface area contributed by atoms with Gasteiger partial charge in [0.2, 0.25) is 5.78 Å². The van der Waals surface area contributed by atoms with Crippen LogP contribution in [0, 0.1) is 0 Å². The lowest BCUT2D eigenvalue weighted by atomic mass is 9.97. The lowest BCUT2D eigenvalue weighted by Gasteiger charge is -2.20. The van der Waals surface area contributed by atoms with Crippen molar-refractivity contribution in [3.8, 4) is 17.0 Å². The first-order valence-corrected chi connectivity index (χ1v) is 9.35. The molecule has 0 aliphatic rings. The Kier molecular flexibility index (Phi) is 5.38. The van der Waals surface area contributed by atoms with Crippen LogP contribution in [0.25, 0.3) is 11.3 Å². The molecule has 2 N–H and O–H groups in total. The van der Waals surface area contributed by atoms with Gasteiger partial charge in [-0.3, -0.25) is 4.79 Å². The van der Waals surface area contributed by atoms with Crippen LogP contribution in [-0.4, -0.2) is 22.9 Å². The van der Waals surface area contributed by atoms with E-state index in [0.29, 0.717) is 11.4 Å². The monoisotopic (exact) mass is 383 g/mol. The van der Waals surface area contributed by atoms with Crippen LogP contribution in [0.5, 0.6) is 5.75 Å². The summed E-state index contributed by atoms with van der Waals surface area (Å²) in [5, 5.41) is 3.36. The number of hydrogen-bond acceptors (Lipinski definition) is 4. The molecular formula is C24H21N3O2. The highest BCUT2D eigenvalue weighted by atomic mass is 16.5. The summed E-state index contributed by atoms with van der Waals surface area (Å²) in [4.78, 5) is 21.0. The molecule has 1 heterocycles. The lowest BCUT2D eigenvalue weighted by Crippen LogP contribution is -2.22. The maximum absolute atomic E-state index is 13.6. The number of aromatic nitrogens is 2. The molecule has 0 saturated carbocycles. The molecule has 1 atom stereocenters. The molecule has 0 spiro atoms. The largest absolute Gasteiger partial charge is 0.497 e. The summed E-state index contributed by atoms with van der Waals surface area (Å²) in [5.41, 5.74) is 3.68. The van der Waals surface area contributed by atoms with E-state index in [2.05, 4.69) is 15.3 Å². The van der Waals surface area contributed by atoms with E-state index in [4.69, 9.17) is 4.74 Å². The molecule has 0 fully saturated rings. The SMILES string of the molecule is COc1cccc(NC(C(=O)c2[nH]cnc2-c2ccccc2)c2ccccc2)c1. The van der Waals surface area contributed by atoms with E-state index in [1.165, 1.54) is 0 Å². The van der Waals surface area contributed by atoms with Crippen LogP contribution in [0.1, 0.15) is 22.1 Å². The van der Waals surface area contributed by atoms with Gasteiger partial charge in [-0.2, -0.15) is 0 Å². The lowest BCUT2D eigenvalue weighted by molar-refractivity contribution is 0.0966. The number of H-pyrrole nitrogens is 1. The van der Waals surface area contributed by atoms with Crippen molar-refractivity contribution in [3.63, 3.8) is 0 Å². The molecule has 5 nitrogen and oxygen atoms in total. The third kappa shape index (κ3) is 4.04. The number of nitrogens with zero attached hydrogens (tertiary/aromatic N) is 1. The third-order valence-electron chi connectivity index (χ3n) is 4.71. The minimum atomic E-state index is -0.578. The molecule has 0 radical (unpaired) electrons. The normalized spacial score (nSPS) is 11.6. The van der Waals surface area contributed by atoms with E-state index in [9.17, 15) is 4.79 Å². The van der Waals surface area contributed by atoms with Gasteiger partial charge in [-0.25, -0.2) is 4.98 Å². The quantitative estimate of drug-likeness (QED) is 0.435. The first kappa shape index (κ1) is 18.5. The third-order valence-corrected chi connectivity index (χ3v) is 4.71. The molecule has 0 amide bonds. The van der Waals surface area contributed by atoms with Crippen molar-refractivity contribution >= 4 is 11.5 Å². The molecule has 29 heavy (non-hydrogen) atoms. The number of Topliss-reactive ketones (excluding diaryl/α,β-unsaturated/α-hetero) is 1. The Bertz CT molecular complexity index is 1090. The zero-order valence-electron chi connectivity index (χ0n) is 16.0. The summed E-state index contributed by atoms with van der Waals surface area (Å²) in [6, 6.07) is 26.3. The Morgan fingerprint density at radius 2 is 1.69 bits per heavy atom. The van der Waals surface area contributed by atoms with E-state index in [-0.39, 0.29) is 5.78 Å². The topological polar surface area (TPSA) is 67.0 Å². The Morgan fingerprint density at radius 1 is 0.966 bits per heavy atom. The number of rotatable bonds is 7. The van der Waals surface area contributed by atoms with Crippen LogP contribution in [-0.2, 0) is 0 Å². The number of ether oxygens (including phenoxy) is 1. The second-order valence-corrected chi connectivity index (χ2v) is 6.58. The molecule has 0 saturated heterocycles. The number of hydrogen-bond donors (Lipinski definition) is 2. The highest BCUT2D eigenvalue weighted by molar-refractivity contribution is 6.05. The van der Waals surface area contributed by atoms with Gasteiger partial charge in [0.15, 0.2) is 0 Å². The Morgan fingerprint density at radius 3 is 2.41 bits per heavy atom. The average molecular weight is 383 g/mol. The van der Waals surface area contributed by atoms with Crippen LogP contribution in [0.2, 0.25) is 0 Å². The number of benzene rings is 3. The van der Waals surface area contributed by atoms with Crippen LogP contribution < -0.4 is 10.1 Å². The summed E-state index contributed by atoms with van der Waals surface area (Å²) in [5.74, 6) is 0.635. The summed E-state index contributed by atoms with van der Waals surface area (Å²) in [7, 11) is 1.62. The maximum atomic E-state index is 13.6. The minimum Gasteiger partial charge on any atom is -0.497 e. The second-order valence-electron chi connectivity index (χ2n) is 6.58. The minimum absolute atomic E-state index is 0.0876. The van der Waals surface area contributed by atoms with E-state index in [1.807, 2.05) is 84.9 Å². The van der Waals surface area contributed by atoms with Crippen LogP contribution in [0.15, 0.2) is 91.3 Å². The maximum Gasteiger partial charge on any atom is 0.207 e. The average Bonchev–Trinajstić information content (AvgIpc) is 3.28. The fourth-order valence-electron chi connectivity index (χ4n) is 3.27. The van der Waals surface area contributed by atoms with Crippen molar-refractivity contribution in [2.45, 2.75) is 6.04 Å². The number of imidazole rings is 1. The van der Waals surface area contributed by atoms with E-state index in [0.717, 1.165) is 22.6 Å². The highest BCUT2D eigenvalue weighted by Crippen LogP contribution is 2.29. The summed E-state index contributed by atoms with van der Waals surface area (Å²) < 4.78 is 5.31. The Labute approximate surface area is 169 Å². The van der Waals surface area contributed by atoms with Gasteiger partial charge in [0.05, 0.1) is 19.1 Å². The van der Waals surface area contributed by atoms with Crippen molar-refractivity contribution in [2.75, 3.05) is 12.4 Å². The number of anilines is 1. The molecule has 1 unspecified atom stereocenters. The first-order valence-electron chi connectivity index (χ1n) is 9.35. The Balaban J connectivity index is 1.72. The van der Waals surface area contributed by atoms with Gasteiger partial charge in [0.1, 0.15) is 17.5 Å². The van der Waals surface area contributed by atoms with Gasteiger partial charge < -0.3 is 15.0 Å². The fraction of sp³-hybridized carbons (Fsp3) is 0.0833. The summed E-state index contributed by atoms with van der Waals surface area (Å²) in [6.45, 7) is 0. The zero-order chi connectivity index (χ0) is 20.1. The number of methoxy groups -OCH3 is 1. The van der Waals surface area contributed by atoms with Crippen molar-refractivity contribution in [2.24, 2.45) is 0 Å². The standard InChI is InChI=1S/C24H21N3O2/c1-29-20-14-8-13-19(15-20)27-22(18-11-6-3-7-12-18)24(28)23-21(25-16-26-23)17-9-4-2-5-10-17/h2-16,22,27H,1H3,(H,25,26). The van der Waals surface area contributed by atoms with Crippen LogP contribution >= 0.6 is 0 Å². The van der Waals surface area contributed by atoms with E-state index >= 15 is 0 Å². The number of carbonyl (C=O) groups is 1. The van der Waals surface area contributed by atoms with E-state index in [1.54, 1.807) is 13.4 Å². The molecule has 144 valence electrons. The molecule has 0 aliphatic carbocycles. The molecule has 4 rings (SSSR count). The van der Waals surface area contributed by atoms with Crippen molar-refractivity contribution in [1.82, 2.24) is 9.97 Å². The number of nitrogens with one attached hydrogen (secondary N) is 2.